The van der Waals surface area contributed by atoms with Crippen molar-refractivity contribution in [3.63, 3.8) is 0 Å². The number of hydrogen-bond acceptors (Lipinski definition) is 5. The largest absolute Gasteiger partial charge is 0.462 e. The fraction of sp³-hybridized carbons (Fsp3) is 0.318. The van der Waals surface area contributed by atoms with E-state index in [0.29, 0.717) is 5.92 Å². The predicted molar refractivity (Wildman–Crippen MR) is 108 cm³/mol. The number of nitrogens with zero attached hydrogens (tertiary/aromatic N) is 2. The summed E-state index contributed by atoms with van der Waals surface area (Å²) in [4.78, 5) is 20.6. The lowest BCUT2D eigenvalue weighted by Gasteiger charge is -2.33. The molecule has 0 saturated heterocycles. The molecule has 1 aliphatic heterocycles. The van der Waals surface area contributed by atoms with Gasteiger partial charge in [-0.05, 0) is 50.1 Å². The van der Waals surface area contributed by atoms with Gasteiger partial charge in [0.2, 0.25) is 0 Å². The molecule has 1 amide bonds. The van der Waals surface area contributed by atoms with Crippen LogP contribution >= 0.6 is 0 Å². The molecule has 2 aliphatic rings. The second-order valence-electron chi connectivity index (χ2n) is 7.50. The summed E-state index contributed by atoms with van der Waals surface area (Å²) < 4.78 is 33.9. The van der Waals surface area contributed by atoms with Crippen LogP contribution in [0.2, 0.25) is 0 Å². The molecule has 0 unspecified atom stereocenters. The number of rotatable bonds is 3. The van der Waals surface area contributed by atoms with E-state index in [1.807, 2.05) is 0 Å². The van der Waals surface area contributed by atoms with Crippen molar-refractivity contribution < 1.29 is 18.3 Å². The molecule has 1 aliphatic carbocycles. The summed E-state index contributed by atoms with van der Waals surface area (Å²) in [6.45, 7) is 1.10. The van der Waals surface area contributed by atoms with Crippen LogP contribution < -0.4 is 11.1 Å². The number of carbonyl (C=O) groups is 1. The number of alkyl halides is 1. The standard InChI is InChI=1S/C22H20F2N4O2/c1-22(19(24)12-30-21(25)28-22)16-10-15(7-8-17(16)23)27-20(29)18-9-6-14(11-26-18)5-4-13-2-3-13/h6-11,13,19H,2-3,12H2,1H3,(H2,25,28)(H,27,29)/t19-,22+/m0/s1. The number of amides is 1. The van der Waals surface area contributed by atoms with Crippen LogP contribution in [0.3, 0.4) is 0 Å². The van der Waals surface area contributed by atoms with E-state index in [0.717, 1.165) is 24.5 Å². The summed E-state index contributed by atoms with van der Waals surface area (Å²) in [5.74, 6) is 5.49. The lowest BCUT2D eigenvalue weighted by Crippen LogP contribution is -2.43. The fourth-order valence-corrected chi connectivity index (χ4v) is 3.08. The first kappa shape index (κ1) is 19.8. The van der Waals surface area contributed by atoms with Crippen LogP contribution in [0.25, 0.3) is 0 Å². The van der Waals surface area contributed by atoms with Gasteiger partial charge in [0.25, 0.3) is 11.9 Å². The number of aliphatic imine (C=N–C) groups is 1. The molecule has 154 valence electrons. The summed E-state index contributed by atoms with van der Waals surface area (Å²) in [6.07, 6.45) is 2.20. The van der Waals surface area contributed by atoms with Gasteiger partial charge in [-0.3, -0.25) is 4.79 Å². The third kappa shape index (κ3) is 4.10. The Kier molecular flexibility index (Phi) is 5.12. The Morgan fingerprint density at radius 3 is 2.83 bits per heavy atom. The van der Waals surface area contributed by atoms with Crippen molar-refractivity contribution in [2.24, 2.45) is 16.6 Å². The molecule has 0 bridgehead atoms. The Morgan fingerprint density at radius 1 is 1.33 bits per heavy atom. The Hall–Kier alpha value is -3.47. The van der Waals surface area contributed by atoms with E-state index in [1.165, 1.54) is 25.3 Å². The first-order chi connectivity index (χ1) is 14.3. The SMILES string of the molecule is C[C@]1(c2cc(NC(=O)c3ccc(C#CC4CC4)cn3)ccc2F)N=C(N)OC[C@@H]1F. The van der Waals surface area contributed by atoms with E-state index in [9.17, 15) is 13.6 Å². The minimum atomic E-state index is -1.60. The van der Waals surface area contributed by atoms with Gasteiger partial charge in [0.1, 0.15) is 23.7 Å². The molecule has 8 heteroatoms. The quantitative estimate of drug-likeness (QED) is 0.761. The fourth-order valence-electron chi connectivity index (χ4n) is 3.08. The number of pyridine rings is 1. The average Bonchev–Trinajstić information content (AvgIpc) is 3.56. The molecule has 1 aromatic carbocycles. The first-order valence-electron chi connectivity index (χ1n) is 9.56. The summed E-state index contributed by atoms with van der Waals surface area (Å²) in [6, 6.07) is 6.95. The smallest absolute Gasteiger partial charge is 0.283 e. The number of ether oxygens (including phenoxy) is 1. The monoisotopic (exact) mass is 410 g/mol. The molecule has 4 rings (SSSR count). The van der Waals surface area contributed by atoms with E-state index >= 15 is 0 Å². The van der Waals surface area contributed by atoms with Crippen LogP contribution in [0.15, 0.2) is 41.5 Å². The third-order valence-corrected chi connectivity index (χ3v) is 5.09. The van der Waals surface area contributed by atoms with Gasteiger partial charge in [-0.15, -0.1) is 0 Å². The number of carbonyl (C=O) groups excluding carboxylic acids is 1. The van der Waals surface area contributed by atoms with Crippen molar-refractivity contribution in [1.82, 2.24) is 4.98 Å². The van der Waals surface area contributed by atoms with E-state index in [-0.39, 0.29) is 29.6 Å². The zero-order valence-corrected chi connectivity index (χ0v) is 16.3. The Bertz CT molecular complexity index is 1070. The highest BCUT2D eigenvalue weighted by molar-refractivity contribution is 6.02. The molecule has 6 nitrogen and oxygen atoms in total. The van der Waals surface area contributed by atoms with Crippen molar-refractivity contribution in [2.45, 2.75) is 31.5 Å². The molecule has 2 aromatic rings. The van der Waals surface area contributed by atoms with Crippen LogP contribution in [-0.2, 0) is 10.3 Å². The lowest BCUT2D eigenvalue weighted by molar-refractivity contribution is 0.0923. The van der Waals surface area contributed by atoms with Crippen molar-refractivity contribution in [1.29, 1.82) is 0 Å². The number of halogens is 2. The normalized spacial score (nSPS) is 22.9. The van der Waals surface area contributed by atoms with Crippen molar-refractivity contribution >= 4 is 17.6 Å². The maximum Gasteiger partial charge on any atom is 0.283 e. The van der Waals surface area contributed by atoms with Crippen molar-refractivity contribution in [3.8, 4) is 11.8 Å². The van der Waals surface area contributed by atoms with E-state index in [4.69, 9.17) is 10.5 Å². The van der Waals surface area contributed by atoms with Crippen LogP contribution in [0.5, 0.6) is 0 Å². The van der Waals surface area contributed by atoms with Gasteiger partial charge in [-0.1, -0.05) is 11.8 Å². The van der Waals surface area contributed by atoms with Crippen molar-refractivity contribution in [3.05, 3.63) is 59.2 Å². The average molecular weight is 410 g/mol. The number of aromatic nitrogens is 1. The topological polar surface area (TPSA) is 89.6 Å². The second-order valence-corrected chi connectivity index (χ2v) is 7.50. The molecule has 1 saturated carbocycles. The molecule has 2 atom stereocenters. The van der Waals surface area contributed by atoms with Gasteiger partial charge >= 0.3 is 0 Å². The number of benzene rings is 1. The number of anilines is 1. The summed E-state index contributed by atoms with van der Waals surface area (Å²) in [5, 5.41) is 2.65. The molecular weight excluding hydrogens is 390 g/mol. The molecular formula is C22H20F2N4O2. The highest BCUT2D eigenvalue weighted by Gasteiger charge is 2.42. The van der Waals surface area contributed by atoms with Crippen LogP contribution in [0, 0.1) is 23.6 Å². The van der Waals surface area contributed by atoms with Crippen molar-refractivity contribution in [2.75, 3.05) is 11.9 Å². The van der Waals surface area contributed by atoms with Crippen LogP contribution in [0.4, 0.5) is 14.5 Å². The summed E-state index contributed by atoms with van der Waals surface area (Å²) in [7, 11) is 0. The van der Waals surface area contributed by atoms with Gasteiger partial charge in [-0.2, -0.15) is 0 Å². The zero-order chi connectivity index (χ0) is 21.3. The maximum atomic E-state index is 14.5. The lowest BCUT2D eigenvalue weighted by atomic mass is 9.86. The molecule has 0 radical (unpaired) electrons. The first-order valence-corrected chi connectivity index (χ1v) is 9.56. The third-order valence-electron chi connectivity index (χ3n) is 5.09. The minimum absolute atomic E-state index is 0.0299. The molecule has 1 aromatic heterocycles. The number of nitrogens with one attached hydrogen (secondary N) is 1. The number of nitrogens with two attached hydrogens (primary N) is 1. The molecule has 1 fully saturated rings. The van der Waals surface area contributed by atoms with E-state index < -0.39 is 23.4 Å². The Morgan fingerprint density at radius 2 is 2.13 bits per heavy atom. The van der Waals surface area contributed by atoms with Gasteiger partial charge in [0.15, 0.2) is 6.17 Å². The highest BCUT2D eigenvalue weighted by atomic mass is 19.1. The zero-order valence-electron chi connectivity index (χ0n) is 16.3. The van der Waals surface area contributed by atoms with E-state index in [2.05, 4.69) is 27.1 Å². The number of hydrogen-bond donors (Lipinski definition) is 2. The molecule has 3 N–H and O–H groups in total. The second kappa shape index (κ2) is 7.75. The molecule has 2 heterocycles. The van der Waals surface area contributed by atoms with Gasteiger partial charge in [-0.25, -0.2) is 18.8 Å². The predicted octanol–water partition coefficient (Wildman–Crippen LogP) is 3.13. The minimum Gasteiger partial charge on any atom is -0.462 e. The Labute approximate surface area is 172 Å². The van der Waals surface area contributed by atoms with Gasteiger partial charge in [0, 0.05) is 28.9 Å². The molecule has 0 spiro atoms. The highest BCUT2D eigenvalue weighted by Crippen LogP contribution is 2.37. The van der Waals surface area contributed by atoms with Gasteiger partial charge in [0.05, 0.1) is 0 Å². The van der Waals surface area contributed by atoms with Gasteiger partial charge < -0.3 is 15.8 Å². The van der Waals surface area contributed by atoms with Crippen LogP contribution in [-0.4, -0.2) is 29.7 Å². The van der Waals surface area contributed by atoms with E-state index in [1.54, 1.807) is 12.1 Å². The molecule has 30 heavy (non-hydrogen) atoms. The summed E-state index contributed by atoms with van der Waals surface area (Å²) >= 11 is 0. The van der Waals surface area contributed by atoms with Crippen LogP contribution in [0.1, 0.15) is 41.4 Å². The Balaban J connectivity index is 1.54. The number of amidine groups is 1. The maximum absolute atomic E-state index is 14.5. The summed E-state index contributed by atoms with van der Waals surface area (Å²) in [5.41, 5.74) is 5.17.